The zero-order valence-corrected chi connectivity index (χ0v) is 5.62. The molecule has 10 heavy (non-hydrogen) atoms. The lowest BCUT2D eigenvalue weighted by Crippen LogP contribution is -2.18. The summed E-state index contributed by atoms with van der Waals surface area (Å²) in [5.41, 5.74) is 0. The molecule has 52 valence electrons. The van der Waals surface area contributed by atoms with Gasteiger partial charge >= 0.3 is 0 Å². The lowest BCUT2D eigenvalue weighted by Gasteiger charge is -2.13. The van der Waals surface area contributed by atoms with Crippen molar-refractivity contribution in [3.63, 3.8) is 0 Å². The maximum Gasteiger partial charge on any atom is 0.124 e. The molecule has 0 aromatic carbocycles. The predicted octanol–water partition coefficient (Wildman–Crippen LogP) is 0.786. The fraction of sp³-hybridized carbons (Fsp3) is 0.286. The largest absolute Gasteiger partial charge is 0.350 e. The molecular formula is C7H9N3. The lowest BCUT2D eigenvalue weighted by atomic mass is 10.5. The number of rotatable bonds is 1. The second kappa shape index (κ2) is 2.17. The number of H-pyrrole nitrogens is 1. The molecule has 1 aliphatic rings. The summed E-state index contributed by atoms with van der Waals surface area (Å²) in [5.74, 6) is 1.10. The maximum absolute atomic E-state index is 3.87. The predicted molar refractivity (Wildman–Crippen MR) is 39.9 cm³/mol. The molecule has 2 rings (SSSR count). The Kier molecular flexibility index (Phi) is 1.20. The van der Waals surface area contributed by atoms with Gasteiger partial charge in [0.25, 0.3) is 0 Å². The molecule has 0 fully saturated rings. The second-order valence-electron chi connectivity index (χ2n) is 2.32. The molecule has 0 radical (unpaired) electrons. The van der Waals surface area contributed by atoms with E-state index in [1.54, 1.807) is 6.20 Å². The van der Waals surface area contributed by atoms with Crippen molar-refractivity contribution in [3.05, 3.63) is 24.4 Å². The van der Waals surface area contributed by atoms with Crippen LogP contribution in [0.15, 0.2) is 24.4 Å². The van der Waals surface area contributed by atoms with E-state index in [0.717, 1.165) is 18.9 Å². The first-order valence-corrected chi connectivity index (χ1v) is 3.36. The van der Waals surface area contributed by atoms with Gasteiger partial charge in [0.2, 0.25) is 0 Å². The van der Waals surface area contributed by atoms with Gasteiger partial charge in [0, 0.05) is 19.2 Å². The third-order valence-corrected chi connectivity index (χ3v) is 1.64. The zero-order valence-electron chi connectivity index (χ0n) is 5.62. The highest BCUT2D eigenvalue weighted by atomic mass is 15.3. The average Bonchev–Trinajstić information content (AvgIpc) is 2.59. The summed E-state index contributed by atoms with van der Waals surface area (Å²) in [6, 6.07) is 1.98. The molecule has 0 amide bonds. The van der Waals surface area contributed by atoms with Crippen LogP contribution in [-0.2, 0) is 0 Å². The molecule has 2 heterocycles. The Balaban J connectivity index is 2.14. The number of aromatic nitrogens is 2. The van der Waals surface area contributed by atoms with Crippen molar-refractivity contribution >= 4 is 5.82 Å². The number of nitrogens with one attached hydrogen (secondary N) is 1. The average molecular weight is 135 g/mol. The molecule has 1 N–H and O–H groups in total. The van der Waals surface area contributed by atoms with E-state index < -0.39 is 0 Å². The quantitative estimate of drug-likeness (QED) is 0.577. The summed E-state index contributed by atoms with van der Waals surface area (Å²) in [7, 11) is 0. The van der Waals surface area contributed by atoms with Crippen LogP contribution in [0.3, 0.4) is 0 Å². The molecule has 1 aromatic heterocycles. The number of hydrogen-bond acceptors (Lipinski definition) is 2. The van der Waals surface area contributed by atoms with E-state index in [4.69, 9.17) is 0 Å². The van der Waals surface area contributed by atoms with E-state index in [1.807, 2.05) is 6.07 Å². The Hall–Kier alpha value is -1.25. The van der Waals surface area contributed by atoms with Crippen molar-refractivity contribution in [1.82, 2.24) is 10.2 Å². The summed E-state index contributed by atoms with van der Waals surface area (Å²) in [6.07, 6.45) is 6.08. The monoisotopic (exact) mass is 135 g/mol. The number of hydrogen-bond donors (Lipinski definition) is 1. The lowest BCUT2D eigenvalue weighted by molar-refractivity contribution is 0.946. The molecule has 3 nitrogen and oxygen atoms in total. The van der Waals surface area contributed by atoms with Crippen LogP contribution in [0.1, 0.15) is 0 Å². The Morgan fingerprint density at radius 2 is 2.20 bits per heavy atom. The van der Waals surface area contributed by atoms with Gasteiger partial charge in [-0.15, -0.1) is 0 Å². The van der Waals surface area contributed by atoms with Crippen LogP contribution in [0.2, 0.25) is 0 Å². The minimum Gasteiger partial charge on any atom is -0.350 e. The van der Waals surface area contributed by atoms with Crippen molar-refractivity contribution < 1.29 is 0 Å². The maximum atomic E-state index is 3.87. The summed E-state index contributed by atoms with van der Waals surface area (Å²) < 4.78 is 0. The molecule has 0 spiro atoms. The van der Waals surface area contributed by atoms with Crippen LogP contribution in [0.4, 0.5) is 5.82 Å². The van der Waals surface area contributed by atoms with E-state index in [9.17, 15) is 0 Å². The second-order valence-corrected chi connectivity index (χ2v) is 2.32. The third kappa shape index (κ3) is 0.795. The topological polar surface area (TPSA) is 31.9 Å². The first kappa shape index (κ1) is 5.53. The molecule has 0 bridgehead atoms. The van der Waals surface area contributed by atoms with Crippen LogP contribution < -0.4 is 4.90 Å². The van der Waals surface area contributed by atoms with Gasteiger partial charge < -0.3 is 4.90 Å². The first-order valence-electron chi connectivity index (χ1n) is 3.36. The van der Waals surface area contributed by atoms with Crippen molar-refractivity contribution in [2.45, 2.75) is 0 Å². The van der Waals surface area contributed by atoms with Crippen molar-refractivity contribution in [3.8, 4) is 0 Å². The van der Waals surface area contributed by atoms with E-state index in [0.29, 0.717) is 0 Å². The van der Waals surface area contributed by atoms with Gasteiger partial charge in [-0.2, -0.15) is 5.10 Å². The highest BCUT2D eigenvalue weighted by molar-refractivity contribution is 5.40. The minimum atomic E-state index is 1.00. The smallest absolute Gasteiger partial charge is 0.124 e. The highest BCUT2D eigenvalue weighted by Crippen LogP contribution is 2.11. The number of nitrogens with zero attached hydrogens (tertiary/aromatic N) is 2. The summed E-state index contributed by atoms with van der Waals surface area (Å²) in [5, 5.41) is 6.79. The molecule has 0 saturated carbocycles. The zero-order chi connectivity index (χ0) is 6.81. The normalized spacial score (nSPS) is 16.6. The fourth-order valence-corrected chi connectivity index (χ4v) is 1.10. The minimum absolute atomic E-state index is 1.00. The SMILES string of the molecule is C1=CCN(c2ccn[nH]2)C1. The molecule has 3 heteroatoms. The molecule has 0 aliphatic carbocycles. The first-order chi connectivity index (χ1) is 4.97. The van der Waals surface area contributed by atoms with Crippen LogP contribution in [0.5, 0.6) is 0 Å². The fourth-order valence-electron chi connectivity index (χ4n) is 1.10. The molecule has 0 atom stereocenters. The standard InChI is InChI=1S/C7H9N3/c1-2-6-10(5-1)7-3-4-8-9-7/h1-4H,5-6H2,(H,8,9). The molecule has 0 unspecified atom stereocenters. The highest BCUT2D eigenvalue weighted by Gasteiger charge is 2.06. The Morgan fingerprint density at radius 1 is 1.40 bits per heavy atom. The van der Waals surface area contributed by atoms with Crippen LogP contribution >= 0.6 is 0 Å². The van der Waals surface area contributed by atoms with E-state index in [2.05, 4.69) is 27.2 Å². The van der Waals surface area contributed by atoms with Gasteiger partial charge in [-0.3, -0.25) is 5.10 Å². The Morgan fingerprint density at radius 3 is 2.80 bits per heavy atom. The van der Waals surface area contributed by atoms with Crippen LogP contribution in [0, 0.1) is 0 Å². The summed E-state index contributed by atoms with van der Waals surface area (Å²) in [6.45, 7) is 2.00. The molecule has 1 aromatic rings. The number of anilines is 1. The van der Waals surface area contributed by atoms with Gasteiger partial charge in [-0.05, 0) is 0 Å². The van der Waals surface area contributed by atoms with Gasteiger partial charge in [0.15, 0.2) is 0 Å². The van der Waals surface area contributed by atoms with Gasteiger partial charge in [0.05, 0.1) is 6.20 Å². The molecule has 1 aliphatic heterocycles. The summed E-state index contributed by atoms with van der Waals surface area (Å²) >= 11 is 0. The van der Waals surface area contributed by atoms with E-state index in [-0.39, 0.29) is 0 Å². The third-order valence-electron chi connectivity index (χ3n) is 1.64. The molecule has 0 saturated heterocycles. The number of aromatic amines is 1. The van der Waals surface area contributed by atoms with Crippen molar-refractivity contribution in [2.24, 2.45) is 0 Å². The van der Waals surface area contributed by atoms with E-state index in [1.165, 1.54) is 0 Å². The Labute approximate surface area is 59.4 Å². The van der Waals surface area contributed by atoms with E-state index >= 15 is 0 Å². The Bertz CT molecular complexity index is 217. The van der Waals surface area contributed by atoms with Crippen molar-refractivity contribution in [2.75, 3.05) is 18.0 Å². The van der Waals surface area contributed by atoms with Crippen LogP contribution in [-0.4, -0.2) is 23.3 Å². The van der Waals surface area contributed by atoms with Gasteiger partial charge in [-0.25, -0.2) is 0 Å². The van der Waals surface area contributed by atoms with Gasteiger partial charge in [0.1, 0.15) is 5.82 Å². The summed E-state index contributed by atoms with van der Waals surface area (Å²) in [4.78, 5) is 2.22. The van der Waals surface area contributed by atoms with Gasteiger partial charge in [-0.1, -0.05) is 12.2 Å². The van der Waals surface area contributed by atoms with Crippen molar-refractivity contribution in [1.29, 1.82) is 0 Å². The molecular weight excluding hydrogens is 126 g/mol. The van der Waals surface area contributed by atoms with Crippen LogP contribution in [0.25, 0.3) is 0 Å².